The lowest BCUT2D eigenvalue weighted by Crippen LogP contribution is -2.53. The molecule has 4 rings (SSSR count). The first-order valence-electron chi connectivity index (χ1n) is 11.0. The van der Waals surface area contributed by atoms with E-state index >= 15 is 0 Å². The van der Waals surface area contributed by atoms with Crippen molar-refractivity contribution in [2.75, 3.05) is 44.7 Å². The number of imide groups is 1. The largest absolute Gasteiger partial charge is 0.497 e. The molecule has 12 heteroatoms. The van der Waals surface area contributed by atoms with E-state index in [0.717, 1.165) is 4.90 Å². The Morgan fingerprint density at radius 2 is 1.60 bits per heavy atom. The number of anilines is 1. The van der Waals surface area contributed by atoms with Gasteiger partial charge in [-0.15, -0.1) is 0 Å². The molecule has 4 amide bonds. The number of benzene rings is 2. The Bertz CT molecular complexity index is 1230. The maximum Gasteiger partial charge on any atom is 0.332 e. The van der Waals surface area contributed by atoms with Gasteiger partial charge >= 0.3 is 6.03 Å². The van der Waals surface area contributed by atoms with Gasteiger partial charge in [0.15, 0.2) is 0 Å². The standard InChI is InChI=1S/C23H25ClN4O6S/c1-16-22(30)27(23(31)28(16)18-5-3-17(24)4-6-18)15-21(29)25-11-13-26(14-12-25)35(32,33)20-9-7-19(34-2)8-10-20/h3-10,16H,11-15H2,1-2H3. The lowest BCUT2D eigenvalue weighted by molar-refractivity contribution is -0.137. The molecule has 2 aliphatic rings. The van der Waals surface area contributed by atoms with Crippen molar-refractivity contribution in [3.8, 4) is 5.75 Å². The SMILES string of the molecule is COc1ccc(S(=O)(=O)N2CCN(C(=O)CN3C(=O)C(C)N(c4ccc(Cl)cc4)C3=O)CC2)cc1. The Labute approximate surface area is 208 Å². The van der Waals surface area contributed by atoms with Crippen molar-refractivity contribution in [2.24, 2.45) is 0 Å². The molecule has 2 heterocycles. The van der Waals surface area contributed by atoms with Gasteiger partial charge in [0.25, 0.3) is 5.91 Å². The molecule has 0 spiro atoms. The number of amides is 4. The summed E-state index contributed by atoms with van der Waals surface area (Å²) in [4.78, 5) is 42.5. The van der Waals surface area contributed by atoms with Crippen LogP contribution in [-0.4, -0.2) is 86.2 Å². The number of rotatable bonds is 6. The van der Waals surface area contributed by atoms with Crippen LogP contribution in [0.3, 0.4) is 0 Å². The number of nitrogens with zero attached hydrogens (tertiary/aromatic N) is 4. The monoisotopic (exact) mass is 520 g/mol. The Morgan fingerprint density at radius 1 is 1.00 bits per heavy atom. The Morgan fingerprint density at radius 3 is 2.17 bits per heavy atom. The lowest BCUT2D eigenvalue weighted by Gasteiger charge is -2.34. The highest BCUT2D eigenvalue weighted by Gasteiger charge is 2.44. The van der Waals surface area contributed by atoms with Crippen molar-refractivity contribution in [1.29, 1.82) is 0 Å². The molecule has 0 aliphatic carbocycles. The zero-order valence-electron chi connectivity index (χ0n) is 19.3. The zero-order chi connectivity index (χ0) is 25.3. The van der Waals surface area contributed by atoms with Crippen LogP contribution < -0.4 is 9.64 Å². The third-order valence-corrected chi connectivity index (χ3v) is 8.30. The maximum atomic E-state index is 12.9. The van der Waals surface area contributed by atoms with E-state index in [1.54, 1.807) is 43.3 Å². The lowest BCUT2D eigenvalue weighted by atomic mass is 10.2. The summed E-state index contributed by atoms with van der Waals surface area (Å²) in [5, 5.41) is 0.500. The highest BCUT2D eigenvalue weighted by molar-refractivity contribution is 7.89. The van der Waals surface area contributed by atoms with Crippen molar-refractivity contribution in [3.63, 3.8) is 0 Å². The predicted octanol–water partition coefficient (Wildman–Crippen LogP) is 2.04. The second-order valence-electron chi connectivity index (χ2n) is 8.19. The van der Waals surface area contributed by atoms with Gasteiger partial charge in [-0.1, -0.05) is 11.6 Å². The average Bonchev–Trinajstić information content (AvgIpc) is 3.07. The second-order valence-corrected chi connectivity index (χ2v) is 10.6. The van der Waals surface area contributed by atoms with Crippen molar-refractivity contribution in [2.45, 2.75) is 17.9 Å². The van der Waals surface area contributed by atoms with Crippen LogP contribution in [-0.2, 0) is 19.6 Å². The molecule has 1 unspecified atom stereocenters. The van der Waals surface area contributed by atoms with Crippen molar-refractivity contribution < 1.29 is 27.5 Å². The summed E-state index contributed by atoms with van der Waals surface area (Å²) in [6.07, 6.45) is 0. The van der Waals surface area contributed by atoms with E-state index in [4.69, 9.17) is 16.3 Å². The molecule has 10 nitrogen and oxygen atoms in total. The van der Waals surface area contributed by atoms with E-state index in [1.807, 2.05) is 0 Å². The fourth-order valence-corrected chi connectivity index (χ4v) is 5.67. The molecule has 2 fully saturated rings. The molecule has 0 radical (unpaired) electrons. The first-order chi connectivity index (χ1) is 16.6. The second kappa shape index (κ2) is 9.84. The van der Waals surface area contributed by atoms with Crippen molar-refractivity contribution in [3.05, 3.63) is 53.6 Å². The van der Waals surface area contributed by atoms with Gasteiger partial charge in [0, 0.05) is 36.9 Å². The van der Waals surface area contributed by atoms with Gasteiger partial charge in [-0.25, -0.2) is 13.2 Å². The molecule has 0 aromatic heterocycles. The summed E-state index contributed by atoms with van der Waals surface area (Å²) in [6, 6.07) is 11.3. The van der Waals surface area contributed by atoms with Crippen LogP contribution in [0.5, 0.6) is 5.75 Å². The molecule has 35 heavy (non-hydrogen) atoms. The quantitative estimate of drug-likeness (QED) is 0.539. The molecule has 2 saturated heterocycles. The maximum absolute atomic E-state index is 12.9. The van der Waals surface area contributed by atoms with E-state index in [9.17, 15) is 22.8 Å². The first kappa shape index (κ1) is 25.0. The number of urea groups is 1. The van der Waals surface area contributed by atoms with Gasteiger partial charge in [0.1, 0.15) is 18.3 Å². The first-order valence-corrected chi connectivity index (χ1v) is 12.8. The summed E-state index contributed by atoms with van der Waals surface area (Å²) >= 11 is 5.91. The van der Waals surface area contributed by atoms with Gasteiger partial charge in [-0.3, -0.25) is 19.4 Å². The van der Waals surface area contributed by atoms with E-state index in [1.165, 1.54) is 33.3 Å². The van der Waals surface area contributed by atoms with Crippen LogP contribution in [0.4, 0.5) is 10.5 Å². The number of carbonyl (C=O) groups excluding carboxylic acids is 3. The number of halogens is 1. The van der Waals surface area contributed by atoms with Crippen LogP contribution in [0.1, 0.15) is 6.92 Å². The summed E-state index contributed by atoms with van der Waals surface area (Å²) in [5.41, 5.74) is 0.507. The van der Waals surface area contributed by atoms with Crippen LogP contribution in [0.25, 0.3) is 0 Å². The van der Waals surface area contributed by atoms with E-state index in [2.05, 4.69) is 0 Å². The van der Waals surface area contributed by atoms with Gasteiger partial charge in [-0.05, 0) is 55.5 Å². The highest BCUT2D eigenvalue weighted by atomic mass is 35.5. The third kappa shape index (κ3) is 4.84. The molecule has 2 aliphatic heterocycles. The number of ether oxygens (including phenoxy) is 1. The average molecular weight is 521 g/mol. The highest BCUT2D eigenvalue weighted by Crippen LogP contribution is 2.27. The number of hydrogen-bond acceptors (Lipinski definition) is 6. The molecule has 2 aromatic rings. The zero-order valence-corrected chi connectivity index (χ0v) is 20.8. The summed E-state index contributed by atoms with van der Waals surface area (Å²) < 4.78 is 32.2. The normalized spacial score (nSPS) is 19.4. The molecule has 186 valence electrons. The molecule has 0 N–H and O–H groups in total. The molecule has 0 saturated carbocycles. The molecular formula is C23H25ClN4O6S. The molecule has 2 aromatic carbocycles. The minimum atomic E-state index is -3.72. The fraction of sp³-hybridized carbons (Fsp3) is 0.348. The molecular weight excluding hydrogens is 496 g/mol. The number of sulfonamides is 1. The molecule has 1 atom stereocenters. The van der Waals surface area contributed by atoms with Gasteiger partial charge < -0.3 is 9.64 Å². The Hall–Kier alpha value is -3.15. The minimum absolute atomic E-state index is 0.106. The van der Waals surface area contributed by atoms with Gasteiger partial charge in [-0.2, -0.15) is 4.31 Å². The summed E-state index contributed by atoms with van der Waals surface area (Å²) in [6.45, 7) is 1.71. The Kier molecular flexibility index (Phi) is 7.02. The van der Waals surface area contributed by atoms with E-state index < -0.39 is 40.5 Å². The van der Waals surface area contributed by atoms with Gasteiger partial charge in [0.2, 0.25) is 15.9 Å². The number of hydrogen-bond donors (Lipinski definition) is 0. The van der Waals surface area contributed by atoms with E-state index in [0.29, 0.717) is 16.5 Å². The summed E-state index contributed by atoms with van der Waals surface area (Å²) in [7, 11) is -2.22. The van der Waals surface area contributed by atoms with Crippen molar-refractivity contribution in [1.82, 2.24) is 14.1 Å². The summed E-state index contributed by atoms with van der Waals surface area (Å²) in [5.74, 6) is -0.341. The van der Waals surface area contributed by atoms with Crippen LogP contribution in [0, 0.1) is 0 Å². The van der Waals surface area contributed by atoms with Crippen LogP contribution in [0.15, 0.2) is 53.4 Å². The molecule has 0 bridgehead atoms. The van der Waals surface area contributed by atoms with Crippen molar-refractivity contribution >= 4 is 45.2 Å². The smallest absolute Gasteiger partial charge is 0.332 e. The fourth-order valence-electron chi connectivity index (χ4n) is 4.12. The number of carbonyl (C=O) groups is 3. The van der Waals surface area contributed by atoms with E-state index in [-0.39, 0.29) is 31.1 Å². The Balaban J connectivity index is 1.38. The van der Waals surface area contributed by atoms with Gasteiger partial charge in [0.05, 0.1) is 12.0 Å². The van der Waals surface area contributed by atoms with Crippen LogP contribution in [0.2, 0.25) is 5.02 Å². The minimum Gasteiger partial charge on any atom is -0.497 e. The third-order valence-electron chi connectivity index (χ3n) is 6.13. The predicted molar refractivity (Wildman–Crippen MR) is 129 cm³/mol. The number of methoxy groups -OCH3 is 1. The number of piperazine rings is 1. The topological polar surface area (TPSA) is 108 Å². The van der Waals surface area contributed by atoms with Crippen LogP contribution >= 0.6 is 11.6 Å².